The maximum Gasteiger partial charge on any atom is 1.00 e. The summed E-state index contributed by atoms with van der Waals surface area (Å²) in [6, 6.07) is 0. The molecule has 0 radical (unpaired) electrons. The van der Waals surface area contributed by atoms with Crippen LogP contribution in [0.3, 0.4) is 0 Å². The summed E-state index contributed by atoms with van der Waals surface area (Å²) in [5, 5.41) is 0. The molecular formula is C6H10BrNaO. The van der Waals surface area contributed by atoms with E-state index in [-0.39, 0.29) is 34.4 Å². The summed E-state index contributed by atoms with van der Waals surface area (Å²) in [6.45, 7) is 2.10. The maximum atomic E-state index is 9.84. The molecule has 0 aromatic carbocycles. The molecule has 0 spiro atoms. The molecule has 1 atom stereocenters. The minimum Gasteiger partial charge on any atom is -0.541 e. The van der Waals surface area contributed by atoms with Crippen molar-refractivity contribution in [1.29, 1.82) is 0 Å². The van der Waals surface area contributed by atoms with Gasteiger partial charge in [0, 0.05) is 0 Å². The molecule has 1 unspecified atom stereocenters. The molecule has 0 saturated heterocycles. The number of hydrogen-bond acceptors (Lipinski definition) is 1. The first-order valence-electron chi connectivity index (χ1n) is 2.83. The average molecular weight is 201 g/mol. The summed E-state index contributed by atoms with van der Waals surface area (Å²) in [6.07, 6.45) is 5.03. The van der Waals surface area contributed by atoms with Gasteiger partial charge >= 0.3 is 29.6 Å². The van der Waals surface area contributed by atoms with Crippen molar-refractivity contribution in [2.75, 3.05) is 0 Å². The molecule has 3 heteroatoms. The molecule has 0 aliphatic heterocycles. The Hall–Kier alpha value is 1.15. The summed E-state index contributed by atoms with van der Waals surface area (Å²) >= 11 is 3.15. The zero-order valence-electron chi connectivity index (χ0n) is 5.98. The van der Waals surface area contributed by atoms with Gasteiger partial charge in [0.1, 0.15) is 0 Å². The quantitative estimate of drug-likeness (QED) is 0.325. The van der Waals surface area contributed by atoms with E-state index in [0.717, 1.165) is 19.3 Å². The smallest absolute Gasteiger partial charge is 0.541 e. The maximum absolute atomic E-state index is 9.84. The van der Waals surface area contributed by atoms with Crippen LogP contribution >= 0.6 is 15.9 Å². The van der Waals surface area contributed by atoms with E-state index < -0.39 is 0 Å². The Labute approximate surface area is 87.0 Å². The second-order valence-corrected chi connectivity index (χ2v) is 2.83. The zero-order valence-corrected chi connectivity index (χ0v) is 9.57. The molecule has 0 rings (SSSR count). The third kappa shape index (κ3) is 9.15. The number of unbranched alkanes of at least 4 members (excludes halogenated alkanes) is 1. The Morgan fingerprint density at radius 2 is 2.22 bits per heavy atom. The van der Waals surface area contributed by atoms with Gasteiger partial charge in [-0.3, -0.25) is 6.29 Å². The monoisotopic (exact) mass is 200 g/mol. The van der Waals surface area contributed by atoms with Gasteiger partial charge in [0.25, 0.3) is 0 Å². The Morgan fingerprint density at radius 3 is 2.56 bits per heavy atom. The summed E-state index contributed by atoms with van der Waals surface area (Å²) in [5.74, 6) is 0. The van der Waals surface area contributed by atoms with Gasteiger partial charge in [0.2, 0.25) is 0 Å². The van der Waals surface area contributed by atoms with E-state index in [1.54, 1.807) is 0 Å². The van der Waals surface area contributed by atoms with Crippen LogP contribution in [0.25, 0.3) is 0 Å². The van der Waals surface area contributed by atoms with Gasteiger partial charge in [-0.2, -0.15) is 0 Å². The molecule has 9 heavy (non-hydrogen) atoms. The average Bonchev–Trinajstić information content (AvgIpc) is 1.83. The topological polar surface area (TPSA) is 17.1 Å². The Balaban J connectivity index is 0. The van der Waals surface area contributed by atoms with Gasteiger partial charge in [0.05, 0.1) is 0 Å². The largest absolute Gasteiger partial charge is 1.00 e. The summed E-state index contributed by atoms with van der Waals surface area (Å²) in [4.78, 5) is 9.80. The molecule has 0 N–H and O–H groups in total. The fourth-order valence-electron chi connectivity index (χ4n) is 0.442. The van der Waals surface area contributed by atoms with E-state index in [1.807, 2.05) is 6.29 Å². The van der Waals surface area contributed by atoms with Crippen LogP contribution in [0.15, 0.2) is 0 Å². The van der Waals surface area contributed by atoms with Gasteiger partial charge in [0.15, 0.2) is 0 Å². The van der Waals surface area contributed by atoms with Crippen molar-refractivity contribution >= 4 is 22.2 Å². The normalized spacial score (nSPS) is 11.8. The molecule has 0 bridgehead atoms. The second kappa shape index (κ2) is 9.15. The van der Waals surface area contributed by atoms with Crippen LogP contribution in [-0.4, -0.2) is 11.1 Å². The first-order chi connectivity index (χ1) is 3.81. The van der Waals surface area contributed by atoms with Crippen LogP contribution in [0.1, 0.15) is 26.2 Å². The second-order valence-electron chi connectivity index (χ2n) is 1.73. The summed E-state index contributed by atoms with van der Waals surface area (Å²) in [7, 11) is 0. The van der Waals surface area contributed by atoms with Gasteiger partial charge in [-0.05, 0) is 0 Å². The molecule has 0 aromatic heterocycles. The van der Waals surface area contributed by atoms with E-state index in [2.05, 4.69) is 22.9 Å². The fraction of sp³-hybridized carbons (Fsp3) is 0.833. The van der Waals surface area contributed by atoms with E-state index in [0.29, 0.717) is 0 Å². The van der Waals surface area contributed by atoms with Crippen LogP contribution in [0.5, 0.6) is 0 Å². The van der Waals surface area contributed by atoms with Crippen LogP contribution in [0.2, 0.25) is 0 Å². The third-order valence-electron chi connectivity index (χ3n) is 0.939. The van der Waals surface area contributed by atoms with Gasteiger partial charge in [-0.25, -0.2) is 0 Å². The van der Waals surface area contributed by atoms with Crippen molar-refractivity contribution in [3.05, 3.63) is 0 Å². The predicted octanol–water partition coefficient (Wildman–Crippen LogP) is -0.946. The minimum atomic E-state index is -0.0394. The van der Waals surface area contributed by atoms with E-state index in [1.165, 1.54) is 0 Å². The van der Waals surface area contributed by atoms with Crippen LogP contribution in [0, 0.1) is 0 Å². The molecule has 0 aromatic rings. The Bertz CT molecular complexity index is 68.1. The van der Waals surface area contributed by atoms with Crippen molar-refractivity contribution < 1.29 is 34.4 Å². The Kier molecular flexibility index (Phi) is 13.0. The van der Waals surface area contributed by atoms with Crippen molar-refractivity contribution in [3.63, 3.8) is 0 Å². The van der Waals surface area contributed by atoms with E-state index in [4.69, 9.17) is 0 Å². The zero-order chi connectivity index (χ0) is 6.41. The first kappa shape index (κ1) is 12.8. The molecule has 0 aliphatic rings. The van der Waals surface area contributed by atoms with E-state index >= 15 is 0 Å². The minimum absolute atomic E-state index is 0. The Morgan fingerprint density at radius 1 is 1.67 bits per heavy atom. The van der Waals surface area contributed by atoms with Crippen LogP contribution in [0.4, 0.5) is 0 Å². The predicted molar refractivity (Wildman–Crippen MR) is 37.9 cm³/mol. The fourth-order valence-corrected chi connectivity index (χ4v) is 0.766. The standard InChI is InChI=1S/C6H10BrO.Na/c1-2-3-4-6(7)5-8;/h6H,2-4H2,1H3;/q-1;+1. The van der Waals surface area contributed by atoms with Crippen LogP contribution in [-0.2, 0) is 4.79 Å². The SMILES string of the molecule is CCCCC(Br)[C-]=O.[Na+]. The molecule has 1 nitrogen and oxygen atoms in total. The van der Waals surface area contributed by atoms with Crippen molar-refractivity contribution in [1.82, 2.24) is 0 Å². The first-order valence-corrected chi connectivity index (χ1v) is 3.74. The number of alkyl halides is 1. The van der Waals surface area contributed by atoms with Crippen molar-refractivity contribution in [2.24, 2.45) is 0 Å². The molecule has 0 aliphatic carbocycles. The molecule has 0 saturated carbocycles. The van der Waals surface area contributed by atoms with Gasteiger partial charge in [-0.1, -0.05) is 31.0 Å². The number of hydrogen-bond donors (Lipinski definition) is 0. The van der Waals surface area contributed by atoms with Crippen LogP contribution < -0.4 is 29.6 Å². The third-order valence-corrected chi connectivity index (χ3v) is 1.58. The molecule has 0 heterocycles. The molecule has 0 amide bonds. The van der Waals surface area contributed by atoms with Crippen molar-refractivity contribution in [3.8, 4) is 0 Å². The van der Waals surface area contributed by atoms with Gasteiger partial charge in [-0.15, -0.1) is 15.9 Å². The van der Waals surface area contributed by atoms with Gasteiger partial charge < -0.3 is 4.79 Å². The number of rotatable bonds is 4. The number of halogens is 1. The number of carbonyl (C=O) groups excluding carboxylic acids is 1. The summed E-state index contributed by atoms with van der Waals surface area (Å²) in [5.41, 5.74) is 0. The summed E-state index contributed by atoms with van der Waals surface area (Å²) < 4.78 is 0. The van der Waals surface area contributed by atoms with Crippen molar-refractivity contribution in [2.45, 2.75) is 31.0 Å². The molecular weight excluding hydrogens is 191 g/mol. The van der Waals surface area contributed by atoms with E-state index in [9.17, 15) is 4.79 Å². The molecule has 0 fully saturated rings. The molecule has 48 valence electrons.